The van der Waals surface area contributed by atoms with Crippen LogP contribution in [0.4, 0.5) is 13.2 Å². The predicted octanol–water partition coefficient (Wildman–Crippen LogP) is 6.58. The van der Waals surface area contributed by atoms with Crippen LogP contribution in [0.2, 0.25) is 0 Å². The summed E-state index contributed by atoms with van der Waals surface area (Å²) in [6.45, 7) is 7.59. The molecule has 0 aromatic heterocycles. The van der Waals surface area contributed by atoms with Crippen molar-refractivity contribution in [3.63, 3.8) is 0 Å². The Morgan fingerprint density at radius 3 is 2.29 bits per heavy atom. The van der Waals surface area contributed by atoms with Crippen LogP contribution in [-0.4, -0.2) is 58.0 Å². The minimum Gasteiger partial charge on any atom is -0.382 e. The summed E-state index contributed by atoms with van der Waals surface area (Å²) in [4.78, 5) is 4.84. The fourth-order valence-corrected chi connectivity index (χ4v) is 9.82. The van der Waals surface area contributed by atoms with Crippen LogP contribution in [0, 0.1) is 46.3 Å². The Bertz CT molecular complexity index is 870. The molecule has 0 saturated heterocycles. The molecule has 0 bridgehead atoms. The molecule has 0 amide bonds. The van der Waals surface area contributed by atoms with E-state index in [0.717, 1.165) is 44.9 Å². The summed E-state index contributed by atoms with van der Waals surface area (Å²) in [6, 6.07) is 0. The van der Waals surface area contributed by atoms with E-state index >= 15 is 0 Å². The van der Waals surface area contributed by atoms with Crippen molar-refractivity contribution in [2.24, 2.45) is 51.5 Å². The zero-order valence-corrected chi connectivity index (χ0v) is 23.6. The van der Waals surface area contributed by atoms with Gasteiger partial charge in [-0.2, -0.15) is 13.2 Å². The molecular weight excluding hydrogens is 499 g/mol. The molecule has 1 aliphatic heterocycles. The van der Waals surface area contributed by atoms with Crippen LogP contribution in [-0.2, 0) is 23.8 Å². The van der Waals surface area contributed by atoms with Crippen molar-refractivity contribution in [1.29, 1.82) is 0 Å². The molecule has 5 rings (SSSR count). The number of methoxy groups -OCH3 is 2. The Hall–Kier alpha value is -0.900. The van der Waals surface area contributed by atoms with Crippen LogP contribution >= 0.6 is 0 Å². The van der Waals surface area contributed by atoms with Crippen LogP contribution in [0.1, 0.15) is 78.6 Å². The molecule has 218 valence electrons. The molecule has 5 aliphatic rings. The van der Waals surface area contributed by atoms with E-state index in [-0.39, 0.29) is 35.4 Å². The van der Waals surface area contributed by atoms with Crippen molar-refractivity contribution in [3.8, 4) is 0 Å². The summed E-state index contributed by atoms with van der Waals surface area (Å²) >= 11 is 0. The van der Waals surface area contributed by atoms with Crippen LogP contribution in [0.3, 0.4) is 0 Å². The SMILES string of the molecule is COCO[C@@H]1CC[C@]2(C)[C@H]3CC[C@]4(C)[C@@H]([C@H](C)C5=NOC(C(F)(F)F)C5)CC[C@H]4[C@@H]3C[C@H](OCOC)[C@@H]2C1. The van der Waals surface area contributed by atoms with Gasteiger partial charge in [-0.25, -0.2) is 0 Å². The van der Waals surface area contributed by atoms with E-state index in [9.17, 15) is 13.2 Å². The van der Waals surface area contributed by atoms with E-state index < -0.39 is 12.3 Å². The molecule has 4 fully saturated rings. The summed E-state index contributed by atoms with van der Waals surface area (Å²) in [5.41, 5.74) is 0.864. The van der Waals surface area contributed by atoms with Gasteiger partial charge in [0, 0.05) is 26.6 Å². The van der Waals surface area contributed by atoms with Gasteiger partial charge in [-0.3, -0.25) is 0 Å². The minimum absolute atomic E-state index is 0.00487. The fraction of sp³-hybridized carbons (Fsp3) is 0.966. The number of alkyl halides is 3. The molecule has 0 aromatic rings. The van der Waals surface area contributed by atoms with Crippen LogP contribution < -0.4 is 0 Å². The second-order valence-corrected chi connectivity index (χ2v) is 13.2. The first-order valence-corrected chi connectivity index (χ1v) is 14.5. The fourth-order valence-electron chi connectivity index (χ4n) is 9.82. The molecule has 0 N–H and O–H groups in total. The molecule has 11 atom stereocenters. The van der Waals surface area contributed by atoms with Crippen molar-refractivity contribution < 1.29 is 37.0 Å². The van der Waals surface area contributed by atoms with Gasteiger partial charge < -0.3 is 23.8 Å². The van der Waals surface area contributed by atoms with Crippen molar-refractivity contribution in [3.05, 3.63) is 0 Å². The number of hydrogen-bond donors (Lipinski definition) is 0. The lowest BCUT2D eigenvalue weighted by Crippen LogP contribution is -2.59. The Balaban J connectivity index is 1.34. The highest BCUT2D eigenvalue weighted by Gasteiger charge is 2.63. The first-order chi connectivity index (χ1) is 18.0. The first-order valence-electron chi connectivity index (χ1n) is 14.5. The van der Waals surface area contributed by atoms with Crippen LogP contribution in [0.25, 0.3) is 0 Å². The maximum absolute atomic E-state index is 13.3. The zero-order chi connectivity index (χ0) is 27.3. The van der Waals surface area contributed by atoms with E-state index in [4.69, 9.17) is 23.8 Å². The second kappa shape index (κ2) is 10.8. The monoisotopic (exact) mass is 545 g/mol. The zero-order valence-electron chi connectivity index (χ0n) is 23.6. The van der Waals surface area contributed by atoms with E-state index in [1.807, 2.05) is 0 Å². The lowest BCUT2D eigenvalue weighted by molar-refractivity contribution is -0.213. The van der Waals surface area contributed by atoms with Gasteiger partial charge in [0.2, 0.25) is 6.10 Å². The largest absolute Gasteiger partial charge is 0.428 e. The number of halogens is 3. The molecule has 1 heterocycles. The Morgan fingerprint density at radius 2 is 1.61 bits per heavy atom. The van der Waals surface area contributed by atoms with E-state index in [1.165, 1.54) is 6.42 Å². The molecule has 1 unspecified atom stereocenters. The smallest absolute Gasteiger partial charge is 0.382 e. The molecular formula is C29H46F3NO5. The van der Waals surface area contributed by atoms with Gasteiger partial charge in [0.15, 0.2) is 0 Å². The standard InChI is InChI=1S/C29H46F3NO5/c1-17(24-14-26(38-33-24)29(30,31)32)20-6-7-21-19-13-25(37-16-35-5)23-12-18(36-15-34-4)8-10-28(23,3)22(19)9-11-27(20,21)2/h17-23,25-26H,6-16H2,1-5H3/t17-,18+,19-,20+,21-,22-,23-,25-,26?,27+,28+/m0/s1. The highest BCUT2D eigenvalue weighted by Crippen LogP contribution is 2.68. The first kappa shape index (κ1) is 28.6. The number of oxime groups is 1. The third-order valence-corrected chi connectivity index (χ3v) is 11.7. The third kappa shape index (κ3) is 4.92. The van der Waals surface area contributed by atoms with Gasteiger partial charge >= 0.3 is 6.18 Å². The average Bonchev–Trinajstić information content (AvgIpc) is 3.51. The number of fused-ring (bicyclic) bond motifs is 5. The predicted molar refractivity (Wildman–Crippen MR) is 136 cm³/mol. The second-order valence-electron chi connectivity index (χ2n) is 13.2. The number of hydrogen-bond acceptors (Lipinski definition) is 6. The number of nitrogens with zero attached hydrogens (tertiary/aromatic N) is 1. The van der Waals surface area contributed by atoms with Crippen molar-refractivity contribution in [1.82, 2.24) is 0 Å². The normalized spacial score (nSPS) is 45.5. The molecule has 4 aliphatic carbocycles. The summed E-state index contributed by atoms with van der Waals surface area (Å²) < 4.78 is 62.7. The molecule has 6 nitrogen and oxygen atoms in total. The van der Waals surface area contributed by atoms with E-state index in [1.54, 1.807) is 14.2 Å². The van der Waals surface area contributed by atoms with Gasteiger partial charge in [0.05, 0.1) is 17.9 Å². The maximum atomic E-state index is 13.3. The highest BCUT2D eigenvalue weighted by atomic mass is 19.4. The molecule has 4 saturated carbocycles. The van der Waals surface area contributed by atoms with Gasteiger partial charge in [0.25, 0.3) is 0 Å². The summed E-state index contributed by atoms with van der Waals surface area (Å²) in [6.07, 6.45) is 2.64. The maximum Gasteiger partial charge on any atom is 0.428 e. The summed E-state index contributed by atoms with van der Waals surface area (Å²) in [7, 11) is 3.34. The lowest BCUT2D eigenvalue weighted by Gasteiger charge is -2.63. The molecule has 38 heavy (non-hydrogen) atoms. The average molecular weight is 546 g/mol. The minimum atomic E-state index is -4.37. The number of rotatable bonds is 8. The Kier molecular flexibility index (Phi) is 8.15. The van der Waals surface area contributed by atoms with Crippen molar-refractivity contribution in [2.75, 3.05) is 27.8 Å². The molecule has 0 radical (unpaired) electrons. The van der Waals surface area contributed by atoms with Gasteiger partial charge in [-0.05, 0) is 91.8 Å². The Labute approximate surface area is 225 Å². The third-order valence-electron chi connectivity index (χ3n) is 11.7. The van der Waals surface area contributed by atoms with Gasteiger partial charge in [-0.1, -0.05) is 25.9 Å². The summed E-state index contributed by atoms with van der Waals surface area (Å²) in [5.74, 6) is 2.46. The van der Waals surface area contributed by atoms with E-state index in [2.05, 4.69) is 25.9 Å². The van der Waals surface area contributed by atoms with Crippen LogP contribution in [0.5, 0.6) is 0 Å². The highest BCUT2D eigenvalue weighted by molar-refractivity contribution is 5.88. The van der Waals surface area contributed by atoms with E-state index in [0.29, 0.717) is 48.9 Å². The Morgan fingerprint density at radius 1 is 0.921 bits per heavy atom. The summed E-state index contributed by atoms with van der Waals surface area (Å²) in [5, 5.41) is 3.96. The molecule has 0 spiro atoms. The lowest BCUT2D eigenvalue weighted by atomic mass is 9.43. The van der Waals surface area contributed by atoms with Crippen LogP contribution in [0.15, 0.2) is 5.16 Å². The van der Waals surface area contributed by atoms with Gasteiger partial charge in [-0.15, -0.1) is 0 Å². The van der Waals surface area contributed by atoms with Crippen molar-refractivity contribution >= 4 is 5.71 Å². The quantitative estimate of drug-likeness (QED) is 0.323. The van der Waals surface area contributed by atoms with Crippen molar-refractivity contribution in [2.45, 2.75) is 103 Å². The number of ether oxygens (including phenoxy) is 4. The molecule has 9 heteroatoms. The topological polar surface area (TPSA) is 58.5 Å². The van der Waals surface area contributed by atoms with Gasteiger partial charge in [0.1, 0.15) is 13.6 Å². The molecule has 0 aromatic carbocycles.